The predicted octanol–water partition coefficient (Wildman–Crippen LogP) is 4.25. The van der Waals surface area contributed by atoms with Gasteiger partial charge in [-0.05, 0) is 31.9 Å². The summed E-state index contributed by atoms with van der Waals surface area (Å²) in [5.74, 6) is -0.430. The number of ether oxygens (including phenoxy) is 1. The van der Waals surface area contributed by atoms with E-state index < -0.39 is 23.5 Å². The molecule has 142 valence electrons. The zero-order valence-electron chi connectivity index (χ0n) is 16.0. The Morgan fingerprint density at radius 2 is 1.52 bits per heavy atom. The molecule has 0 bridgehead atoms. The molecule has 0 aromatic heterocycles. The van der Waals surface area contributed by atoms with Gasteiger partial charge in [-0.15, -0.1) is 0 Å². The van der Waals surface area contributed by atoms with E-state index in [4.69, 9.17) is 10.1 Å². The lowest BCUT2D eigenvalue weighted by atomic mass is 10.0. The third-order valence-corrected chi connectivity index (χ3v) is 3.94. The third kappa shape index (κ3) is 6.37. The molecule has 2 aromatic carbocycles. The summed E-state index contributed by atoms with van der Waals surface area (Å²) in [6.45, 7) is 5.59. The Morgan fingerprint density at radius 1 is 1.00 bits per heavy atom. The second kappa shape index (κ2) is 9.12. The van der Waals surface area contributed by atoms with Crippen molar-refractivity contribution in [3.05, 3.63) is 71.8 Å². The first-order valence-electron chi connectivity index (χ1n) is 8.92. The van der Waals surface area contributed by atoms with Crippen LogP contribution in [0.5, 0.6) is 0 Å². The van der Waals surface area contributed by atoms with Crippen LogP contribution in [0.2, 0.25) is 0 Å². The molecule has 27 heavy (non-hydrogen) atoms. The van der Waals surface area contributed by atoms with Crippen LogP contribution in [0.4, 0.5) is 4.79 Å². The fourth-order valence-corrected chi connectivity index (χ4v) is 2.70. The Kier molecular flexibility index (Phi) is 6.88. The van der Waals surface area contributed by atoms with Crippen molar-refractivity contribution < 1.29 is 14.3 Å². The average Bonchev–Trinajstić information content (AvgIpc) is 2.64. The topological polar surface area (TPSA) is 70.5 Å². The first kappa shape index (κ1) is 20.4. The summed E-state index contributed by atoms with van der Waals surface area (Å²) in [5, 5.41) is 7.45. The van der Waals surface area contributed by atoms with E-state index in [0.717, 1.165) is 17.3 Å². The summed E-state index contributed by atoms with van der Waals surface area (Å²) in [4.78, 5) is 26.8. The molecule has 0 heterocycles. The minimum Gasteiger partial charge on any atom is -0.444 e. The molecule has 0 aliphatic heterocycles. The largest absolute Gasteiger partial charge is 0.444 e. The minimum absolute atomic E-state index is 0.229. The van der Waals surface area contributed by atoms with E-state index in [9.17, 15) is 9.59 Å². The van der Waals surface area contributed by atoms with Gasteiger partial charge < -0.3 is 10.1 Å². The van der Waals surface area contributed by atoms with Crippen LogP contribution in [0.1, 0.15) is 31.9 Å². The molecule has 5 nitrogen and oxygen atoms in total. The molecule has 0 unspecified atom stereocenters. The SMILES string of the molecule is CC(C)(C)OC(=O)N(Cc1ccccc1)[C@@H](Cc1ccccc1)C(=O)C=N. The van der Waals surface area contributed by atoms with Gasteiger partial charge in [-0.3, -0.25) is 9.69 Å². The maximum Gasteiger partial charge on any atom is 0.411 e. The highest BCUT2D eigenvalue weighted by molar-refractivity contribution is 6.29. The summed E-state index contributed by atoms with van der Waals surface area (Å²) < 4.78 is 5.55. The van der Waals surface area contributed by atoms with Crippen LogP contribution in [0.3, 0.4) is 0 Å². The predicted molar refractivity (Wildman–Crippen MR) is 106 cm³/mol. The molecular weight excluding hydrogens is 340 g/mol. The van der Waals surface area contributed by atoms with E-state index in [1.807, 2.05) is 60.7 Å². The summed E-state index contributed by atoms with van der Waals surface area (Å²) >= 11 is 0. The molecule has 0 fully saturated rings. The molecule has 0 aliphatic carbocycles. The van der Waals surface area contributed by atoms with E-state index in [-0.39, 0.29) is 6.54 Å². The Balaban J connectivity index is 2.37. The number of amides is 1. The Bertz CT molecular complexity index is 767. The molecule has 2 aromatic rings. The number of Topliss-reactive ketones (excluding diaryl/α,β-unsaturated/α-hetero) is 1. The second-order valence-electron chi connectivity index (χ2n) is 7.35. The van der Waals surface area contributed by atoms with Gasteiger partial charge in [0.05, 0.1) is 6.21 Å². The van der Waals surface area contributed by atoms with Crippen molar-refractivity contribution in [1.29, 1.82) is 5.41 Å². The molecule has 1 amide bonds. The number of carbonyl (C=O) groups is 2. The number of carbonyl (C=O) groups excluding carboxylic acids is 2. The van der Waals surface area contributed by atoms with Gasteiger partial charge >= 0.3 is 6.09 Å². The molecule has 5 heteroatoms. The average molecular weight is 366 g/mol. The number of hydrogen-bond acceptors (Lipinski definition) is 4. The van der Waals surface area contributed by atoms with Crippen LogP contribution >= 0.6 is 0 Å². The Labute approximate surface area is 160 Å². The molecule has 0 aliphatic rings. The van der Waals surface area contributed by atoms with Gasteiger partial charge in [0, 0.05) is 13.0 Å². The van der Waals surface area contributed by atoms with Crippen molar-refractivity contribution in [3.63, 3.8) is 0 Å². The van der Waals surface area contributed by atoms with E-state index in [2.05, 4.69) is 0 Å². The highest BCUT2D eigenvalue weighted by atomic mass is 16.6. The first-order chi connectivity index (χ1) is 12.8. The summed E-state index contributed by atoms with van der Waals surface area (Å²) in [6, 6.07) is 18.1. The summed E-state index contributed by atoms with van der Waals surface area (Å²) in [5.41, 5.74) is 1.12. The zero-order valence-corrected chi connectivity index (χ0v) is 16.0. The van der Waals surface area contributed by atoms with Crippen molar-refractivity contribution in [1.82, 2.24) is 4.90 Å². The maximum atomic E-state index is 12.9. The highest BCUT2D eigenvalue weighted by Gasteiger charge is 2.32. The van der Waals surface area contributed by atoms with Crippen LogP contribution in [-0.4, -0.2) is 34.6 Å². The number of benzene rings is 2. The van der Waals surface area contributed by atoms with Gasteiger partial charge in [-0.2, -0.15) is 0 Å². The molecule has 1 N–H and O–H groups in total. The normalized spacial score (nSPS) is 12.1. The smallest absolute Gasteiger partial charge is 0.411 e. The van der Waals surface area contributed by atoms with Crippen molar-refractivity contribution in [2.45, 2.75) is 45.4 Å². The van der Waals surface area contributed by atoms with Gasteiger partial charge in [0.25, 0.3) is 0 Å². The highest BCUT2D eigenvalue weighted by Crippen LogP contribution is 2.18. The number of nitrogens with zero attached hydrogens (tertiary/aromatic N) is 1. The lowest BCUT2D eigenvalue weighted by Gasteiger charge is -2.32. The Morgan fingerprint density at radius 3 is 2.00 bits per heavy atom. The van der Waals surface area contributed by atoms with E-state index in [0.29, 0.717) is 6.42 Å². The van der Waals surface area contributed by atoms with Crippen molar-refractivity contribution in [2.24, 2.45) is 0 Å². The van der Waals surface area contributed by atoms with Crippen LogP contribution in [-0.2, 0) is 22.5 Å². The number of nitrogens with one attached hydrogen (secondary N) is 1. The van der Waals surface area contributed by atoms with Gasteiger partial charge in [-0.25, -0.2) is 4.79 Å². The van der Waals surface area contributed by atoms with Crippen LogP contribution in [0.25, 0.3) is 0 Å². The fourth-order valence-electron chi connectivity index (χ4n) is 2.70. The van der Waals surface area contributed by atoms with E-state index >= 15 is 0 Å². The van der Waals surface area contributed by atoms with Gasteiger partial charge in [0.1, 0.15) is 11.6 Å². The van der Waals surface area contributed by atoms with Crippen molar-refractivity contribution in [3.8, 4) is 0 Å². The minimum atomic E-state index is -0.806. The Hall–Kier alpha value is -2.95. The third-order valence-electron chi connectivity index (χ3n) is 3.94. The molecule has 1 atom stereocenters. The lowest BCUT2D eigenvalue weighted by Crippen LogP contribution is -2.48. The maximum absolute atomic E-state index is 12.9. The number of ketones is 1. The van der Waals surface area contributed by atoms with Crippen LogP contribution in [0.15, 0.2) is 60.7 Å². The first-order valence-corrected chi connectivity index (χ1v) is 8.92. The second-order valence-corrected chi connectivity index (χ2v) is 7.35. The molecular formula is C22H26N2O3. The standard InChI is InChI=1S/C22H26N2O3/c1-22(2,3)27-21(26)24(16-18-12-8-5-9-13-18)19(20(25)15-23)14-17-10-6-4-7-11-17/h4-13,15,19,23H,14,16H2,1-3H3/t19-/m0/s1. The van der Waals surface area contributed by atoms with E-state index in [1.54, 1.807) is 20.8 Å². The molecule has 0 saturated heterocycles. The van der Waals surface area contributed by atoms with Gasteiger partial charge in [0.2, 0.25) is 0 Å². The molecule has 0 spiro atoms. The lowest BCUT2D eigenvalue weighted by molar-refractivity contribution is -0.117. The van der Waals surface area contributed by atoms with Gasteiger partial charge in [0.15, 0.2) is 5.78 Å². The van der Waals surface area contributed by atoms with Crippen molar-refractivity contribution in [2.75, 3.05) is 0 Å². The fraction of sp³-hybridized carbons (Fsp3) is 0.318. The van der Waals surface area contributed by atoms with E-state index in [1.165, 1.54) is 4.90 Å². The number of rotatable bonds is 7. The monoisotopic (exact) mass is 366 g/mol. The van der Waals surface area contributed by atoms with Gasteiger partial charge in [-0.1, -0.05) is 60.7 Å². The summed E-state index contributed by atoms with van der Waals surface area (Å²) in [7, 11) is 0. The quantitative estimate of drug-likeness (QED) is 0.745. The molecule has 0 radical (unpaired) electrons. The molecule has 2 rings (SSSR count). The summed E-state index contributed by atoms with van der Waals surface area (Å²) in [6.07, 6.45) is 0.527. The van der Waals surface area contributed by atoms with Crippen LogP contribution < -0.4 is 0 Å². The van der Waals surface area contributed by atoms with Crippen LogP contribution in [0, 0.1) is 5.41 Å². The van der Waals surface area contributed by atoms with Crippen molar-refractivity contribution >= 4 is 18.1 Å². The number of hydrogen-bond donors (Lipinski definition) is 1. The molecule has 0 saturated carbocycles. The zero-order chi connectivity index (χ0) is 19.9.